The van der Waals surface area contributed by atoms with Crippen LogP contribution in [-0.4, -0.2) is 28.2 Å². The molecule has 108 valence electrons. The number of thiazole rings is 1. The van der Waals surface area contributed by atoms with Crippen molar-refractivity contribution >= 4 is 32.9 Å². The van der Waals surface area contributed by atoms with Crippen molar-refractivity contribution in [1.82, 2.24) is 4.98 Å². The van der Waals surface area contributed by atoms with Gasteiger partial charge in [-0.1, -0.05) is 13.8 Å². The number of aliphatic hydroxyl groups is 1. The van der Waals surface area contributed by atoms with Crippen molar-refractivity contribution in [3.05, 3.63) is 27.3 Å². The van der Waals surface area contributed by atoms with Gasteiger partial charge in [0.1, 0.15) is 5.69 Å². The van der Waals surface area contributed by atoms with Gasteiger partial charge in [0.2, 0.25) is 0 Å². The molecular weight excluding hydrogens is 278 g/mol. The maximum Gasteiger partial charge on any atom is 0.293 e. The highest BCUT2D eigenvalue weighted by Crippen LogP contribution is 2.33. The number of nitrogens with one attached hydrogen (secondary N) is 1. The molecule has 1 aromatic heterocycles. The first-order chi connectivity index (χ1) is 9.32. The van der Waals surface area contributed by atoms with E-state index in [1.807, 2.05) is 20.8 Å². The van der Waals surface area contributed by atoms with E-state index in [2.05, 4.69) is 10.3 Å². The SMILES string of the molecule is Cc1nc2cc(NCC(C)(C)CO)c([N+](=O)[O-])cc2s1. The van der Waals surface area contributed by atoms with Crippen LogP contribution in [0.5, 0.6) is 0 Å². The molecule has 2 aromatic rings. The minimum atomic E-state index is -0.400. The molecule has 1 heterocycles. The van der Waals surface area contributed by atoms with E-state index in [0.717, 1.165) is 15.2 Å². The van der Waals surface area contributed by atoms with Crippen LogP contribution in [0.3, 0.4) is 0 Å². The minimum absolute atomic E-state index is 0.00580. The number of nitro benzene ring substituents is 1. The fraction of sp³-hybridized carbons (Fsp3) is 0.462. The Labute approximate surface area is 120 Å². The van der Waals surface area contributed by atoms with E-state index in [9.17, 15) is 15.2 Å². The second-order valence-corrected chi connectivity index (χ2v) is 6.74. The highest BCUT2D eigenvalue weighted by atomic mass is 32.1. The number of aryl methyl sites for hydroxylation is 1. The number of rotatable bonds is 5. The van der Waals surface area contributed by atoms with Crippen molar-refractivity contribution in [2.24, 2.45) is 5.41 Å². The van der Waals surface area contributed by atoms with Gasteiger partial charge in [-0.15, -0.1) is 11.3 Å². The molecule has 0 bridgehead atoms. The Morgan fingerprint density at radius 3 is 2.80 bits per heavy atom. The van der Waals surface area contributed by atoms with Crippen LogP contribution in [-0.2, 0) is 0 Å². The predicted octanol–water partition coefficient (Wildman–Crippen LogP) is 2.94. The van der Waals surface area contributed by atoms with Crippen LogP contribution in [0.4, 0.5) is 11.4 Å². The lowest BCUT2D eigenvalue weighted by atomic mass is 9.95. The summed E-state index contributed by atoms with van der Waals surface area (Å²) in [5.74, 6) is 0. The van der Waals surface area contributed by atoms with E-state index in [4.69, 9.17) is 0 Å². The van der Waals surface area contributed by atoms with Crippen molar-refractivity contribution in [2.75, 3.05) is 18.5 Å². The van der Waals surface area contributed by atoms with Crippen LogP contribution in [0.1, 0.15) is 18.9 Å². The summed E-state index contributed by atoms with van der Waals surface area (Å²) in [4.78, 5) is 15.1. The Hall–Kier alpha value is -1.73. The van der Waals surface area contributed by atoms with E-state index in [-0.39, 0.29) is 17.7 Å². The first-order valence-corrected chi connectivity index (χ1v) is 7.04. The summed E-state index contributed by atoms with van der Waals surface area (Å²) in [6.45, 7) is 6.10. The zero-order chi connectivity index (χ0) is 14.9. The van der Waals surface area contributed by atoms with Crippen molar-refractivity contribution in [3.63, 3.8) is 0 Å². The quantitative estimate of drug-likeness (QED) is 0.654. The van der Waals surface area contributed by atoms with Crippen LogP contribution in [0.15, 0.2) is 12.1 Å². The van der Waals surface area contributed by atoms with E-state index < -0.39 is 4.92 Å². The summed E-state index contributed by atoms with van der Waals surface area (Å²) in [7, 11) is 0. The van der Waals surface area contributed by atoms with Gasteiger partial charge in [0.25, 0.3) is 5.69 Å². The molecule has 0 aliphatic heterocycles. The molecular formula is C13H17N3O3S. The molecule has 2 N–H and O–H groups in total. The molecule has 0 amide bonds. The van der Waals surface area contributed by atoms with Gasteiger partial charge in [0, 0.05) is 24.6 Å². The molecule has 7 heteroatoms. The number of aliphatic hydroxyl groups excluding tert-OH is 1. The van der Waals surface area contributed by atoms with E-state index in [1.54, 1.807) is 12.1 Å². The lowest BCUT2D eigenvalue weighted by Gasteiger charge is -2.22. The molecule has 0 saturated heterocycles. The fourth-order valence-corrected chi connectivity index (χ4v) is 2.60. The third kappa shape index (κ3) is 3.05. The molecule has 2 rings (SSSR count). The zero-order valence-corrected chi connectivity index (χ0v) is 12.5. The molecule has 0 radical (unpaired) electrons. The summed E-state index contributed by atoms with van der Waals surface area (Å²) in [6.07, 6.45) is 0. The van der Waals surface area contributed by atoms with Crippen LogP contribution in [0.25, 0.3) is 10.2 Å². The Kier molecular flexibility index (Phi) is 3.92. The summed E-state index contributed by atoms with van der Waals surface area (Å²) in [5.41, 5.74) is 0.882. The van der Waals surface area contributed by atoms with Crippen LogP contribution in [0.2, 0.25) is 0 Å². The van der Waals surface area contributed by atoms with Crippen molar-refractivity contribution < 1.29 is 10.0 Å². The summed E-state index contributed by atoms with van der Waals surface area (Å²) < 4.78 is 0.807. The van der Waals surface area contributed by atoms with E-state index in [1.165, 1.54) is 11.3 Å². The molecule has 0 atom stereocenters. The van der Waals surface area contributed by atoms with Gasteiger partial charge >= 0.3 is 0 Å². The number of nitrogens with zero attached hydrogens (tertiary/aromatic N) is 2. The molecule has 6 nitrogen and oxygen atoms in total. The van der Waals surface area contributed by atoms with Gasteiger partial charge in [0.15, 0.2) is 0 Å². The molecule has 20 heavy (non-hydrogen) atoms. The Bertz CT molecular complexity index is 652. The van der Waals surface area contributed by atoms with Crippen LogP contribution in [0, 0.1) is 22.5 Å². The first kappa shape index (κ1) is 14.7. The summed E-state index contributed by atoms with van der Waals surface area (Å²) in [6, 6.07) is 3.25. The number of hydrogen-bond acceptors (Lipinski definition) is 6. The second-order valence-electron chi connectivity index (χ2n) is 5.50. The largest absolute Gasteiger partial charge is 0.396 e. The number of nitro groups is 1. The van der Waals surface area contributed by atoms with Gasteiger partial charge in [-0.25, -0.2) is 4.98 Å². The fourth-order valence-electron chi connectivity index (χ4n) is 1.76. The normalized spacial score (nSPS) is 11.8. The highest BCUT2D eigenvalue weighted by Gasteiger charge is 2.21. The third-order valence-corrected chi connectivity index (χ3v) is 3.93. The van der Waals surface area contributed by atoms with Gasteiger partial charge in [-0.2, -0.15) is 0 Å². The van der Waals surface area contributed by atoms with Crippen LogP contribution >= 0.6 is 11.3 Å². The Morgan fingerprint density at radius 2 is 2.20 bits per heavy atom. The van der Waals surface area contributed by atoms with E-state index in [0.29, 0.717) is 12.2 Å². The summed E-state index contributed by atoms with van der Waals surface area (Å²) >= 11 is 1.44. The van der Waals surface area contributed by atoms with Gasteiger partial charge in [-0.3, -0.25) is 10.1 Å². The first-order valence-electron chi connectivity index (χ1n) is 6.23. The maximum absolute atomic E-state index is 11.2. The molecule has 0 saturated carbocycles. The molecule has 0 spiro atoms. The Morgan fingerprint density at radius 1 is 1.50 bits per heavy atom. The predicted molar refractivity (Wildman–Crippen MR) is 80.4 cm³/mol. The topological polar surface area (TPSA) is 88.3 Å². The third-order valence-electron chi connectivity index (χ3n) is 2.99. The molecule has 0 fully saturated rings. The van der Waals surface area contributed by atoms with E-state index >= 15 is 0 Å². The van der Waals surface area contributed by atoms with Crippen molar-refractivity contribution in [3.8, 4) is 0 Å². The molecule has 1 aromatic carbocycles. The average Bonchev–Trinajstić information content (AvgIpc) is 2.74. The van der Waals surface area contributed by atoms with Gasteiger partial charge < -0.3 is 10.4 Å². The standard InChI is InChI=1S/C13H17N3O3S/c1-8-15-10-4-9(14-6-13(2,3)7-17)11(16(18)19)5-12(10)20-8/h4-5,14,17H,6-7H2,1-3H3. The number of fused-ring (bicyclic) bond motifs is 1. The molecule has 0 aliphatic carbocycles. The number of aromatic nitrogens is 1. The number of hydrogen-bond donors (Lipinski definition) is 2. The number of benzene rings is 1. The maximum atomic E-state index is 11.2. The van der Waals surface area contributed by atoms with Crippen molar-refractivity contribution in [2.45, 2.75) is 20.8 Å². The van der Waals surface area contributed by atoms with Gasteiger partial charge in [-0.05, 0) is 13.0 Å². The lowest BCUT2D eigenvalue weighted by Crippen LogP contribution is -2.27. The smallest absolute Gasteiger partial charge is 0.293 e. The van der Waals surface area contributed by atoms with Crippen molar-refractivity contribution in [1.29, 1.82) is 0 Å². The van der Waals surface area contributed by atoms with Crippen LogP contribution < -0.4 is 5.32 Å². The zero-order valence-electron chi connectivity index (χ0n) is 11.6. The second kappa shape index (κ2) is 5.34. The Balaban J connectivity index is 2.39. The average molecular weight is 295 g/mol. The minimum Gasteiger partial charge on any atom is -0.396 e. The molecule has 0 unspecified atom stereocenters. The highest BCUT2D eigenvalue weighted by molar-refractivity contribution is 7.18. The lowest BCUT2D eigenvalue weighted by molar-refractivity contribution is -0.383. The summed E-state index contributed by atoms with van der Waals surface area (Å²) in [5, 5.41) is 24.3. The molecule has 0 aliphatic rings. The van der Waals surface area contributed by atoms with Gasteiger partial charge in [0.05, 0.1) is 20.1 Å². The number of anilines is 1. The monoisotopic (exact) mass is 295 g/mol.